The maximum atomic E-state index is 13.4. The minimum Gasteiger partial charge on any atom is -0.455 e. The van der Waals surface area contributed by atoms with Crippen LogP contribution in [0.3, 0.4) is 0 Å². The first-order valence-electron chi connectivity index (χ1n) is 9.95. The van der Waals surface area contributed by atoms with E-state index in [0.717, 1.165) is 11.8 Å². The van der Waals surface area contributed by atoms with Gasteiger partial charge < -0.3 is 19.9 Å². The van der Waals surface area contributed by atoms with E-state index in [1.807, 2.05) is 4.90 Å². The Bertz CT molecular complexity index is 1000. The minimum atomic E-state index is -0.882. The van der Waals surface area contributed by atoms with Crippen LogP contribution in [0.1, 0.15) is 17.9 Å². The summed E-state index contributed by atoms with van der Waals surface area (Å²) >= 11 is 0. The minimum absolute atomic E-state index is 0.123. The van der Waals surface area contributed by atoms with Crippen LogP contribution in [0.25, 0.3) is 0 Å². The summed E-state index contributed by atoms with van der Waals surface area (Å²) in [4.78, 5) is 40.5. The SMILES string of the molecule is O=C1CC(C(=O)OCC(=O)N2CCN(c3ccc(F)cc3)CC2)c2ccc(F)cc2N1. The fourth-order valence-corrected chi connectivity index (χ4v) is 3.84. The molecule has 2 aliphatic rings. The normalized spacial score (nSPS) is 18.3. The summed E-state index contributed by atoms with van der Waals surface area (Å²) in [7, 11) is 0. The maximum Gasteiger partial charge on any atom is 0.314 e. The Kier molecular flexibility index (Phi) is 5.83. The Balaban J connectivity index is 1.31. The number of esters is 1. The van der Waals surface area contributed by atoms with Crippen molar-refractivity contribution in [3.63, 3.8) is 0 Å². The Morgan fingerprint density at radius 2 is 1.68 bits per heavy atom. The first-order chi connectivity index (χ1) is 14.9. The Morgan fingerprint density at radius 3 is 2.39 bits per heavy atom. The number of carbonyl (C=O) groups excluding carboxylic acids is 3. The average molecular weight is 429 g/mol. The number of rotatable bonds is 4. The lowest BCUT2D eigenvalue weighted by Crippen LogP contribution is -2.50. The van der Waals surface area contributed by atoms with E-state index in [-0.39, 0.29) is 23.8 Å². The van der Waals surface area contributed by atoms with E-state index in [0.29, 0.717) is 31.7 Å². The van der Waals surface area contributed by atoms with Crippen molar-refractivity contribution >= 4 is 29.2 Å². The molecule has 0 saturated carbocycles. The number of piperazine rings is 1. The number of hydrogen-bond acceptors (Lipinski definition) is 5. The summed E-state index contributed by atoms with van der Waals surface area (Å²) in [6, 6.07) is 9.97. The molecule has 1 atom stereocenters. The molecule has 0 spiro atoms. The predicted octanol–water partition coefficient (Wildman–Crippen LogP) is 2.28. The molecule has 162 valence electrons. The van der Waals surface area contributed by atoms with Crippen LogP contribution in [0, 0.1) is 11.6 Å². The summed E-state index contributed by atoms with van der Waals surface area (Å²) in [5.74, 6) is -3.14. The highest BCUT2D eigenvalue weighted by Crippen LogP contribution is 2.33. The standard InChI is InChI=1S/C22H21F2N3O4/c23-14-1-4-16(5-2-14)26-7-9-27(10-8-26)21(29)13-31-22(30)18-12-20(28)25-19-11-15(24)3-6-17(18)19/h1-6,11,18H,7-10,12-13H2,(H,25,28). The van der Waals surface area contributed by atoms with Crippen molar-refractivity contribution in [3.8, 4) is 0 Å². The zero-order valence-electron chi connectivity index (χ0n) is 16.6. The molecule has 2 heterocycles. The molecule has 31 heavy (non-hydrogen) atoms. The molecule has 4 rings (SSSR count). The highest BCUT2D eigenvalue weighted by Gasteiger charge is 2.33. The Morgan fingerprint density at radius 1 is 1.00 bits per heavy atom. The molecule has 2 aromatic rings. The number of nitrogens with zero attached hydrogens (tertiary/aromatic N) is 2. The van der Waals surface area contributed by atoms with E-state index in [9.17, 15) is 23.2 Å². The number of anilines is 2. The molecule has 1 unspecified atom stereocenters. The molecule has 1 N–H and O–H groups in total. The summed E-state index contributed by atoms with van der Waals surface area (Å²) in [6.07, 6.45) is -0.123. The first kappa shape index (κ1) is 20.8. The number of halogens is 2. The highest BCUT2D eigenvalue weighted by atomic mass is 19.1. The molecule has 0 radical (unpaired) electrons. The van der Waals surface area contributed by atoms with E-state index < -0.39 is 30.2 Å². The number of ether oxygens (including phenoxy) is 1. The predicted molar refractivity (Wildman–Crippen MR) is 109 cm³/mol. The van der Waals surface area contributed by atoms with Gasteiger partial charge in [-0.15, -0.1) is 0 Å². The third kappa shape index (κ3) is 4.65. The van der Waals surface area contributed by atoms with Gasteiger partial charge in [0.1, 0.15) is 11.6 Å². The van der Waals surface area contributed by atoms with Gasteiger partial charge in [0.05, 0.1) is 5.92 Å². The molecule has 2 aliphatic heterocycles. The molecule has 7 nitrogen and oxygen atoms in total. The van der Waals surface area contributed by atoms with Crippen molar-refractivity contribution in [2.75, 3.05) is 43.0 Å². The molecular formula is C22H21F2N3O4. The Hall–Kier alpha value is -3.49. The van der Waals surface area contributed by atoms with E-state index in [2.05, 4.69) is 5.32 Å². The van der Waals surface area contributed by atoms with E-state index in [1.54, 1.807) is 17.0 Å². The summed E-state index contributed by atoms with van der Waals surface area (Å²) in [6.45, 7) is 1.62. The number of fused-ring (bicyclic) bond motifs is 1. The van der Waals surface area contributed by atoms with Crippen LogP contribution in [0.15, 0.2) is 42.5 Å². The molecule has 2 amide bonds. The topological polar surface area (TPSA) is 79.0 Å². The molecule has 2 aromatic carbocycles. The molecule has 0 bridgehead atoms. The van der Waals surface area contributed by atoms with E-state index >= 15 is 0 Å². The monoisotopic (exact) mass is 429 g/mol. The van der Waals surface area contributed by atoms with Crippen LogP contribution in [0.4, 0.5) is 20.2 Å². The first-order valence-corrected chi connectivity index (χ1v) is 9.95. The van der Waals surface area contributed by atoms with E-state index in [1.165, 1.54) is 24.3 Å². The van der Waals surface area contributed by atoms with Crippen LogP contribution < -0.4 is 10.2 Å². The summed E-state index contributed by atoms with van der Waals surface area (Å²) < 4.78 is 31.7. The zero-order chi connectivity index (χ0) is 22.0. The van der Waals surface area contributed by atoms with Gasteiger partial charge in [0.25, 0.3) is 5.91 Å². The number of carbonyl (C=O) groups is 3. The molecule has 9 heteroatoms. The van der Waals surface area contributed by atoms with Gasteiger partial charge in [-0.2, -0.15) is 0 Å². The molecule has 1 fully saturated rings. The van der Waals surface area contributed by atoms with Gasteiger partial charge in [0.2, 0.25) is 5.91 Å². The van der Waals surface area contributed by atoms with Crippen molar-refractivity contribution in [1.82, 2.24) is 4.90 Å². The molecule has 0 aliphatic carbocycles. The van der Waals surface area contributed by atoms with Crippen molar-refractivity contribution in [3.05, 3.63) is 59.7 Å². The quantitative estimate of drug-likeness (QED) is 0.755. The van der Waals surface area contributed by atoms with Gasteiger partial charge in [0, 0.05) is 44.0 Å². The number of nitrogens with one attached hydrogen (secondary N) is 1. The van der Waals surface area contributed by atoms with Crippen LogP contribution in [-0.2, 0) is 19.1 Å². The van der Waals surface area contributed by atoms with Crippen LogP contribution in [-0.4, -0.2) is 55.5 Å². The van der Waals surface area contributed by atoms with Crippen molar-refractivity contribution < 1.29 is 27.9 Å². The second-order valence-electron chi connectivity index (χ2n) is 7.49. The van der Waals surface area contributed by atoms with Gasteiger partial charge in [-0.3, -0.25) is 14.4 Å². The number of benzene rings is 2. The fraction of sp³-hybridized carbons (Fsp3) is 0.318. The third-order valence-electron chi connectivity index (χ3n) is 5.50. The number of amides is 2. The van der Waals surface area contributed by atoms with Crippen molar-refractivity contribution in [2.24, 2.45) is 0 Å². The lowest BCUT2D eigenvalue weighted by molar-refractivity contribution is -0.154. The number of hydrogen-bond donors (Lipinski definition) is 1. The maximum absolute atomic E-state index is 13.4. The summed E-state index contributed by atoms with van der Waals surface area (Å²) in [5.41, 5.74) is 1.58. The lowest BCUT2D eigenvalue weighted by atomic mass is 9.90. The Labute approximate surface area is 177 Å². The van der Waals surface area contributed by atoms with Crippen LogP contribution in [0.2, 0.25) is 0 Å². The van der Waals surface area contributed by atoms with Gasteiger partial charge in [-0.25, -0.2) is 8.78 Å². The van der Waals surface area contributed by atoms with E-state index in [4.69, 9.17) is 4.74 Å². The average Bonchev–Trinajstić information content (AvgIpc) is 2.77. The van der Waals surface area contributed by atoms with Gasteiger partial charge in [0.15, 0.2) is 6.61 Å². The zero-order valence-corrected chi connectivity index (χ0v) is 16.6. The largest absolute Gasteiger partial charge is 0.455 e. The van der Waals surface area contributed by atoms with Gasteiger partial charge in [-0.05, 0) is 42.0 Å². The van der Waals surface area contributed by atoms with Crippen molar-refractivity contribution in [2.45, 2.75) is 12.3 Å². The van der Waals surface area contributed by atoms with Crippen LogP contribution in [0.5, 0.6) is 0 Å². The molecular weight excluding hydrogens is 408 g/mol. The van der Waals surface area contributed by atoms with Crippen LogP contribution >= 0.6 is 0 Å². The smallest absolute Gasteiger partial charge is 0.314 e. The third-order valence-corrected chi connectivity index (χ3v) is 5.50. The summed E-state index contributed by atoms with van der Waals surface area (Å²) in [5, 5.41) is 2.54. The molecule has 1 saturated heterocycles. The van der Waals surface area contributed by atoms with Gasteiger partial charge >= 0.3 is 5.97 Å². The van der Waals surface area contributed by atoms with Gasteiger partial charge in [-0.1, -0.05) is 6.07 Å². The second-order valence-corrected chi connectivity index (χ2v) is 7.49. The lowest BCUT2D eigenvalue weighted by Gasteiger charge is -2.36. The fourth-order valence-electron chi connectivity index (χ4n) is 3.84. The van der Waals surface area contributed by atoms with Crippen molar-refractivity contribution in [1.29, 1.82) is 0 Å². The highest BCUT2D eigenvalue weighted by molar-refractivity contribution is 6.00. The molecule has 0 aromatic heterocycles. The second kappa shape index (κ2) is 8.71.